The molecule has 1 amide bonds. The molecule has 0 spiro atoms. The second-order valence-electron chi connectivity index (χ2n) is 6.13. The molecule has 2 unspecified atom stereocenters. The maximum atomic E-state index is 11.9. The molecule has 0 aromatic heterocycles. The van der Waals surface area contributed by atoms with E-state index < -0.39 is 23.2 Å². The molecule has 2 atom stereocenters. The van der Waals surface area contributed by atoms with Crippen LogP contribution in [0.4, 0.5) is 4.79 Å². The van der Waals surface area contributed by atoms with Crippen LogP contribution in [0.2, 0.25) is 0 Å². The lowest BCUT2D eigenvalue weighted by Crippen LogP contribution is -2.64. The Morgan fingerprint density at radius 3 is 2.58 bits per heavy atom. The van der Waals surface area contributed by atoms with Gasteiger partial charge in [-0.25, -0.2) is 4.79 Å². The molecule has 3 N–H and O–H groups in total. The average molecular weight is 272 g/mol. The third kappa shape index (κ3) is 4.70. The van der Waals surface area contributed by atoms with Crippen LogP contribution in [0.15, 0.2) is 0 Å². The summed E-state index contributed by atoms with van der Waals surface area (Å²) in [6, 6.07) is -0.107. The van der Waals surface area contributed by atoms with Crippen molar-refractivity contribution in [1.82, 2.24) is 10.6 Å². The number of ether oxygens (including phenoxy) is 1. The Morgan fingerprint density at radius 2 is 2.11 bits per heavy atom. The van der Waals surface area contributed by atoms with Crippen molar-refractivity contribution in [2.24, 2.45) is 0 Å². The van der Waals surface area contributed by atoms with Gasteiger partial charge in [-0.3, -0.25) is 4.79 Å². The molecular weight excluding hydrogens is 248 g/mol. The second-order valence-corrected chi connectivity index (χ2v) is 6.13. The van der Waals surface area contributed by atoms with E-state index >= 15 is 0 Å². The molecule has 19 heavy (non-hydrogen) atoms. The van der Waals surface area contributed by atoms with Gasteiger partial charge in [0.15, 0.2) is 0 Å². The molecule has 6 heteroatoms. The maximum absolute atomic E-state index is 11.9. The van der Waals surface area contributed by atoms with Gasteiger partial charge in [-0.2, -0.15) is 0 Å². The van der Waals surface area contributed by atoms with E-state index in [1.165, 1.54) is 0 Å². The summed E-state index contributed by atoms with van der Waals surface area (Å²) in [5.74, 6) is -0.924. The highest BCUT2D eigenvalue weighted by molar-refractivity contribution is 5.73. The normalized spacial score (nSPS) is 27.7. The number of aliphatic carboxylic acids is 1. The molecule has 1 saturated heterocycles. The summed E-state index contributed by atoms with van der Waals surface area (Å²) in [5, 5.41) is 15.1. The van der Waals surface area contributed by atoms with Crippen LogP contribution in [-0.4, -0.2) is 40.9 Å². The third-order valence-corrected chi connectivity index (χ3v) is 3.30. The number of carbonyl (C=O) groups excluding carboxylic acids is 1. The average Bonchev–Trinajstić information content (AvgIpc) is 2.18. The molecule has 0 radical (unpaired) electrons. The Bertz CT molecular complexity index is 351. The van der Waals surface area contributed by atoms with E-state index in [1.807, 2.05) is 6.92 Å². The van der Waals surface area contributed by atoms with Crippen LogP contribution in [-0.2, 0) is 9.53 Å². The molecule has 0 aliphatic carbocycles. The summed E-state index contributed by atoms with van der Waals surface area (Å²) < 4.78 is 5.22. The minimum atomic E-state index is -0.924. The Hall–Kier alpha value is -1.30. The first kappa shape index (κ1) is 15.8. The van der Waals surface area contributed by atoms with E-state index in [2.05, 4.69) is 10.6 Å². The monoisotopic (exact) mass is 272 g/mol. The summed E-state index contributed by atoms with van der Waals surface area (Å²) in [6.07, 6.45) is 0.782. The van der Waals surface area contributed by atoms with Crippen molar-refractivity contribution in [1.29, 1.82) is 0 Å². The van der Waals surface area contributed by atoms with E-state index in [4.69, 9.17) is 9.84 Å². The Morgan fingerprint density at radius 1 is 1.47 bits per heavy atom. The molecule has 1 aliphatic heterocycles. The minimum Gasteiger partial charge on any atom is -0.481 e. The van der Waals surface area contributed by atoms with Crippen molar-refractivity contribution < 1.29 is 19.4 Å². The lowest BCUT2D eigenvalue weighted by molar-refractivity contribution is -0.139. The van der Waals surface area contributed by atoms with Gasteiger partial charge in [0.25, 0.3) is 0 Å². The number of amides is 1. The molecule has 0 aromatic rings. The molecule has 6 nitrogen and oxygen atoms in total. The SMILES string of the molecule is CC1NCCCC1(CC(=O)O)NC(=O)OC(C)(C)C. The minimum absolute atomic E-state index is 0.107. The summed E-state index contributed by atoms with van der Waals surface area (Å²) in [5.41, 5.74) is -1.38. The van der Waals surface area contributed by atoms with Crippen molar-refractivity contribution in [3.8, 4) is 0 Å². The lowest BCUT2D eigenvalue weighted by atomic mass is 9.80. The Labute approximate surface area is 113 Å². The fourth-order valence-corrected chi connectivity index (χ4v) is 2.37. The molecule has 1 fully saturated rings. The highest BCUT2D eigenvalue weighted by Gasteiger charge is 2.42. The van der Waals surface area contributed by atoms with Crippen molar-refractivity contribution in [2.45, 2.75) is 64.1 Å². The zero-order chi connectivity index (χ0) is 14.7. The zero-order valence-electron chi connectivity index (χ0n) is 12.1. The summed E-state index contributed by atoms with van der Waals surface area (Å²) in [7, 11) is 0. The number of rotatable bonds is 3. The predicted molar refractivity (Wildman–Crippen MR) is 71.1 cm³/mol. The van der Waals surface area contributed by atoms with Crippen LogP contribution in [0.5, 0.6) is 0 Å². The second kappa shape index (κ2) is 5.77. The van der Waals surface area contributed by atoms with Gasteiger partial charge >= 0.3 is 12.1 Å². The van der Waals surface area contributed by atoms with E-state index in [1.54, 1.807) is 20.8 Å². The molecule has 110 valence electrons. The van der Waals surface area contributed by atoms with Crippen molar-refractivity contribution in [3.05, 3.63) is 0 Å². The summed E-state index contributed by atoms with van der Waals surface area (Å²) in [4.78, 5) is 23.0. The topological polar surface area (TPSA) is 87.7 Å². The number of alkyl carbamates (subject to hydrolysis) is 1. The Kier molecular flexibility index (Phi) is 4.79. The van der Waals surface area contributed by atoms with E-state index in [0.29, 0.717) is 6.42 Å². The maximum Gasteiger partial charge on any atom is 0.408 e. The van der Waals surface area contributed by atoms with Crippen LogP contribution in [0.25, 0.3) is 0 Å². The van der Waals surface area contributed by atoms with Crippen molar-refractivity contribution >= 4 is 12.1 Å². The van der Waals surface area contributed by atoms with E-state index in [-0.39, 0.29) is 12.5 Å². The quantitative estimate of drug-likeness (QED) is 0.724. The van der Waals surface area contributed by atoms with Crippen LogP contribution in [0, 0.1) is 0 Å². The van der Waals surface area contributed by atoms with Crippen molar-refractivity contribution in [3.63, 3.8) is 0 Å². The summed E-state index contributed by atoms with van der Waals surface area (Å²) in [6.45, 7) is 8.05. The number of carboxylic acid groups (broad SMARTS) is 1. The number of hydrogen-bond donors (Lipinski definition) is 3. The molecule has 1 rings (SSSR count). The first-order chi connectivity index (χ1) is 8.65. The highest BCUT2D eigenvalue weighted by atomic mass is 16.6. The van der Waals surface area contributed by atoms with E-state index in [9.17, 15) is 9.59 Å². The van der Waals surface area contributed by atoms with Crippen LogP contribution in [0.1, 0.15) is 47.0 Å². The zero-order valence-corrected chi connectivity index (χ0v) is 12.1. The fraction of sp³-hybridized carbons (Fsp3) is 0.846. The smallest absolute Gasteiger partial charge is 0.408 e. The molecule has 1 heterocycles. The summed E-state index contributed by atoms with van der Waals surface area (Å²) >= 11 is 0. The highest BCUT2D eigenvalue weighted by Crippen LogP contribution is 2.26. The fourth-order valence-electron chi connectivity index (χ4n) is 2.37. The Balaban J connectivity index is 2.80. The number of piperidine rings is 1. The van der Waals surface area contributed by atoms with Gasteiger partial charge in [-0.15, -0.1) is 0 Å². The van der Waals surface area contributed by atoms with E-state index in [0.717, 1.165) is 13.0 Å². The van der Waals surface area contributed by atoms with Crippen LogP contribution >= 0.6 is 0 Å². The lowest BCUT2D eigenvalue weighted by Gasteiger charge is -2.43. The first-order valence-corrected chi connectivity index (χ1v) is 6.61. The molecule has 0 aromatic carbocycles. The van der Waals surface area contributed by atoms with Gasteiger partial charge in [0.1, 0.15) is 5.60 Å². The van der Waals surface area contributed by atoms with Gasteiger partial charge in [0.05, 0.1) is 12.0 Å². The number of carboxylic acids is 1. The van der Waals surface area contributed by atoms with Gasteiger partial charge in [0.2, 0.25) is 0 Å². The van der Waals surface area contributed by atoms with Gasteiger partial charge < -0.3 is 20.5 Å². The number of hydrogen-bond acceptors (Lipinski definition) is 4. The van der Waals surface area contributed by atoms with Crippen LogP contribution < -0.4 is 10.6 Å². The molecular formula is C13H24N2O4. The molecule has 1 aliphatic rings. The number of carbonyl (C=O) groups is 2. The third-order valence-electron chi connectivity index (χ3n) is 3.30. The molecule has 0 saturated carbocycles. The van der Waals surface area contributed by atoms with Gasteiger partial charge in [-0.05, 0) is 47.1 Å². The van der Waals surface area contributed by atoms with Crippen LogP contribution in [0.3, 0.4) is 0 Å². The van der Waals surface area contributed by atoms with Crippen molar-refractivity contribution in [2.75, 3.05) is 6.54 Å². The standard InChI is InChI=1S/C13H24N2O4/c1-9-13(8-10(16)17,6-5-7-14-9)15-11(18)19-12(2,3)4/h9,14H,5-8H2,1-4H3,(H,15,18)(H,16,17). The molecule has 0 bridgehead atoms. The largest absolute Gasteiger partial charge is 0.481 e. The van der Waals surface area contributed by atoms with Gasteiger partial charge in [-0.1, -0.05) is 0 Å². The first-order valence-electron chi connectivity index (χ1n) is 6.61. The van der Waals surface area contributed by atoms with Gasteiger partial charge in [0, 0.05) is 6.04 Å². The number of nitrogens with one attached hydrogen (secondary N) is 2. The predicted octanol–water partition coefficient (Wildman–Crippen LogP) is 1.50.